The summed E-state index contributed by atoms with van der Waals surface area (Å²) in [5.74, 6) is 1.70. The summed E-state index contributed by atoms with van der Waals surface area (Å²) in [7, 11) is 0. The number of hydrogen-bond donors (Lipinski definition) is 2. The number of hydrogen-bond acceptors (Lipinski definition) is 5. The summed E-state index contributed by atoms with van der Waals surface area (Å²) in [4.78, 5) is 24.0. The zero-order valence-electron chi connectivity index (χ0n) is 14.3. The third kappa shape index (κ3) is 4.32. The van der Waals surface area contributed by atoms with Crippen LogP contribution >= 0.6 is 0 Å². The summed E-state index contributed by atoms with van der Waals surface area (Å²) in [5.41, 5.74) is 1.86. The summed E-state index contributed by atoms with van der Waals surface area (Å²) >= 11 is 0. The molecule has 0 saturated carbocycles. The van der Waals surface area contributed by atoms with Gasteiger partial charge in [0.15, 0.2) is 0 Å². The van der Waals surface area contributed by atoms with Gasteiger partial charge in [0.1, 0.15) is 5.82 Å². The highest BCUT2D eigenvalue weighted by Gasteiger charge is 2.16. The molecule has 1 atom stereocenters. The van der Waals surface area contributed by atoms with E-state index in [-0.39, 0.29) is 18.4 Å². The van der Waals surface area contributed by atoms with E-state index in [1.807, 2.05) is 44.2 Å². The summed E-state index contributed by atoms with van der Waals surface area (Å²) in [6.07, 6.45) is 3.21. The lowest BCUT2D eigenvalue weighted by Crippen LogP contribution is -2.29. The van der Waals surface area contributed by atoms with Crippen LogP contribution in [0.25, 0.3) is 11.4 Å². The fourth-order valence-corrected chi connectivity index (χ4v) is 2.52. The first-order chi connectivity index (χ1) is 12.2. The van der Waals surface area contributed by atoms with Crippen molar-refractivity contribution in [2.45, 2.75) is 39.2 Å². The predicted molar refractivity (Wildman–Crippen MR) is 92.6 cm³/mol. The van der Waals surface area contributed by atoms with Crippen LogP contribution in [0.15, 0.2) is 41.1 Å². The molecule has 2 N–H and O–H groups in total. The Kier molecular flexibility index (Phi) is 5.23. The van der Waals surface area contributed by atoms with E-state index in [2.05, 4.69) is 25.4 Å². The normalized spacial score (nSPS) is 12.1. The molecule has 3 rings (SSSR count). The van der Waals surface area contributed by atoms with Gasteiger partial charge in [0, 0.05) is 30.3 Å². The molecule has 0 radical (unpaired) electrons. The fourth-order valence-electron chi connectivity index (χ4n) is 2.52. The van der Waals surface area contributed by atoms with E-state index in [0.717, 1.165) is 23.5 Å². The van der Waals surface area contributed by atoms with Gasteiger partial charge in [-0.2, -0.15) is 4.98 Å². The molecule has 2 heterocycles. The van der Waals surface area contributed by atoms with Crippen molar-refractivity contribution in [1.82, 2.24) is 25.4 Å². The second kappa shape index (κ2) is 7.74. The molecule has 25 heavy (non-hydrogen) atoms. The number of nitrogens with one attached hydrogen (secondary N) is 2. The molecule has 7 heteroatoms. The van der Waals surface area contributed by atoms with E-state index in [4.69, 9.17) is 4.52 Å². The fraction of sp³-hybridized carbons (Fsp3) is 0.333. The maximum absolute atomic E-state index is 12.2. The van der Waals surface area contributed by atoms with Crippen molar-refractivity contribution in [1.29, 1.82) is 0 Å². The van der Waals surface area contributed by atoms with E-state index < -0.39 is 0 Å². The number of carbonyl (C=O) groups excluding carboxylic acids is 1. The first kappa shape index (κ1) is 16.9. The average Bonchev–Trinajstić information content (AvgIpc) is 3.28. The monoisotopic (exact) mass is 339 g/mol. The molecular weight excluding hydrogens is 318 g/mol. The molecule has 0 bridgehead atoms. The van der Waals surface area contributed by atoms with E-state index >= 15 is 0 Å². The van der Waals surface area contributed by atoms with Gasteiger partial charge in [0.25, 0.3) is 0 Å². The standard InChI is InChI=1S/C18H21N5O2/c1-3-14(18-19-11-12(2)20-18)21-15(24)9-10-16-22-17(23-25-16)13-7-5-4-6-8-13/h4-8,11,14H,3,9-10H2,1-2H3,(H,19,20)(H,21,24). The molecule has 0 spiro atoms. The smallest absolute Gasteiger partial charge is 0.227 e. The Bertz CT molecular complexity index is 825. The lowest BCUT2D eigenvalue weighted by molar-refractivity contribution is -0.122. The quantitative estimate of drug-likeness (QED) is 0.690. The van der Waals surface area contributed by atoms with Crippen molar-refractivity contribution in [2.24, 2.45) is 0 Å². The van der Waals surface area contributed by atoms with Crippen LogP contribution < -0.4 is 5.32 Å². The molecule has 0 saturated heterocycles. The zero-order valence-corrected chi connectivity index (χ0v) is 14.3. The number of carbonyl (C=O) groups is 1. The lowest BCUT2D eigenvalue weighted by atomic mass is 10.2. The van der Waals surface area contributed by atoms with Crippen LogP contribution in [0.5, 0.6) is 0 Å². The molecule has 0 aliphatic heterocycles. The number of amides is 1. The summed E-state index contributed by atoms with van der Waals surface area (Å²) in [6, 6.07) is 9.47. The number of aryl methyl sites for hydroxylation is 2. The van der Waals surface area contributed by atoms with Gasteiger partial charge >= 0.3 is 0 Å². The predicted octanol–water partition coefficient (Wildman–Crippen LogP) is 2.97. The SMILES string of the molecule is CCC(NC(=O)CCc1nc(-c2ccccc2)no1)c1ncc(C)[nH]1. The Morgan fingerprint density at radius 2 is 2.12 bits per heavy atom. The number of aromatic amines is 1. The lowest BCUT2D eigenvalue weighted by Gasteiger charge is -2.14. The molecule has 0 fully saturated rings. The van der Waals surface area contributed by atoms with Gasteiger partial charge in [-0.3, -0.25) is 4.79 Å². The molecule has 130 valence electrons. The largest absolute Gasteiger partial charge is 0.346 e. The summed E-state index contributed by atoms with van der Waals surface area (Å²) < 4.78 is 5.23. The van der Waals surface area contributed by atoms with Crippen molar-refractivity contribution in [3.05, 3.63) is 53.9 Å². The van der Waals surface area contributed by atoms with Crippen LogP contribution in [-0.4, -0.2) is 26.0 Å². The summed E-state index contributed by atoms with van der Waals surface area (Å²) in [5, 5.41) is 6.94. The highest BCUT2D eigenvalue weighted by Crippen LogP contribution is 2.16. The molecule has 7 nitrogen and oxygen atoms in total. The number of imidazole rings is 1. The number of H-pyrrole nitrogens is 1. The van der Waals surface area contributed by atoms with Crippen molar-refractivity contribution >= 4 is 5.91 Å². The van der Waals surface area contributed by atoms with Gasteiger partial charge in [-0.15, -0.1) is 0 Å². The van der Waals surface area contributed by atoms with Gasteiger partial charge < -0.3 is 14.8 Å². The minimum absolute atomic E-state index is 0.0691. The van der Waals surface area contributed by atoms with Crippen molar-refractivity contribution in [3.8, 4) is 11.4 Å². The van der Waals surface area contributed by atoms with Gasteiger partial charge in [-0.05, 0) is 13.3 Å². The van der Waals surface area contributed by atoms with Gasteiger partial charge in [0.05, 0.1) is 6.04 Å². The molecule has 2 aromatic heterocycles. The Hall–Kier alpha value is -2.96. The number of rotatable bonds is 7. The molecule has 1 amide bonds. The molecule has 1 unspecified atom stereocenters. The summed E-state index contributed by atoms with van der Waals surface area (Å²) in [6.45, 7) is 3.94. The minimum Gasteiger partial charge on any atom is -0.346 e. The van der Waals surface area contributed by atoms with E-state index in [1.54, 1.807) is 6.20 Å². The highest BCUT2D eigenvalue weighted by molar-refractivity contribution is 5.76. The molecule has 3 aromatic rings. The van der Waals surface area contributed by atoms with Gasteiger partial charge in [-0.25, -0.2) is 4.98 Å². The van der Waals surface area contributed by atoms with Crippen LogP contribution in [0.2, 0.25) is 0 Å². The molecule has 0 aliphatic carbocycles. The van der Waals surface area contributed by atoms with E-state index in [1.165, 1.54) is 0 Å². The van der Waals surface area contributed by atoms with Crippen LogP contribution in [0, 0.1) is 6.92 Å². The number of benzene rings is 1. The maximum Gasteiger partial charge on any atom is 0.227 e. The van der Waals surface area contributed by atoms with Gasteiger partial charge in [0.2, 0.25) is 17.6 Å². The Morgan fingerprint density at radius 1 is 1.32 bits per heavy atom. The zero-order chi connectivity index (χ0) is 17.6. The van der Waals surface area contributed by atoms with Crippen LogP contribution in [0.4, 0.5) is 0 Å². The van der Waals surface area contributed by atoms with E-state index in [9.17, 15) is 4.79 Å². The van der Waals surface area contributed by atoms with Crippen molar-refractivity contribution in [2.75, 3.05) is 0 Å². The number of aromatic nitrogens is 4. The van der Waals surface area contributed by atoms with E-state index in [0.29, 0.717) is 18.1 Å². The Morgan fingerprint density at radius 3 is 2.80 bits per heavy atom. The third-order valence-corrected chi connectivity index (χ3v) is 3.86. The average molecular weight is 339 g/mol. The Labute approximate surface area is 145 Å². The van der Waals surface area contributed by atoms with Crippen LogP contribution in [0.3, 0.4) is 0 Å². The molecular formula is C18H21N5O2. The van der Waals surface area contributed by atoms with Crippen LogP contribution in [0.1, 0.15) is 43.2 Å². The highest BCUT2D eigenvalue weighted by atomic mass is 16.5. The second-order valence-corrected chi connectivity index (χ2v) is 5.86. The van der Waals surface area contributed by atoms with Crippen molar-refractivity contribution < 1.29 is 9.32 Å². The second-order valence-electron chi connectivity index (χ2n) is 5.86. The maximum atomic E-state index is 12.2. The Balaban J connectivity index is 1.55. The minimum atomic E-state index is -0.122. The first-order valence-electron chi connectivity index (χ1n) is 8.34. The topological polar surface area (TPSA) is 96.7 Å². The van der Waals surface area contributed by atoms with Crippen molar-refractivity contribution in [3.63, 3.8) is 0 Å². The molecule has 0 aliphatic rings. The first-order valence-corrected chi connectivity index (χ1v) is 8.34. The van der Waals surface area contributed by atoms with Gasteiger partial charge in [-0.1, -0.05) is 42.4 Å². The molecule has 1 aromatic carbocycles. The number of nitrogens with zero attached hydrogens (tertiary/aromatic N) is 3. The third-order valence-electron chi connectivity index (χ3n) is 3.86. The van der Waals surface area contributed by atoms with Crippen LogP contribution in [-0.2, 0) is 11.2 Å².